The van der Waals surface area contributed by atoms with E-state index in [2.05, 4.69) is 39.9 Å². The summed E-state index contributed by atoms with van der Waals surface area (Å²) in [6.07, 6.45) is 0. The summed E-state index contributed by atoms with van der Waals surface area (Å²) in [7, 11) is 8.31. The van der Waals surface area contributed by atoms with Gasteiger partial charge in [-0.25, -0.2) is 33.6 Å². The molecule has 0 saturated carbocycles. The molecule has 47 nitrogen and oxygen atoms in total. The molecule has 0 spiro atoms. The third-order valence-corrected chi connectivity index (χ3v) is 30.4. The van der Waals surface area contributed by atoms with Crippen LogP contribution in [0.4, 0.5) is 0 Å². The van der Waals surface area contributed by atoms with Gasteiger partial charge in [-0.05, 0) is 83.1 Å². The SMILES string of the molecule is COc1cc(C2=N[C@@H](C(C)=O)CS2)c(O)cc1O.COc1cc(C2=N[C@@](C)(C(=O)O)CS2)c(O)cc1O.COc1cc(O)c(C2=N[C@@H](C(=O)O)CS2)cc1O.COc1cc(O)c(C2=N[C@@H](C(=O)O)CS2)cc1O.COc1cc(O)c(C2=N[C@@](C)(C(=O)O)CS2)cc1O.COc1cc(O)c(C2=N[C@@](C)(C(=O)O)CS2)cc1O.C[C@]1(C(=O)O)CSC(c2cc(O)c(O)cc2O)=N1.O=C(O)[C@H]1CSC(c2cc(O)c(O)cc2O)=N1. The first-order valence-electron chi connectivity index (χ1n) is 41.5. The molecule has 0 amide bonds. The number of phenols is 18. The summed E-state index contributed by atoms with van der Waals surface area (Å²) in [6, 6.07) is 17.1. The maximum Gasteiger partial charge on any atom is 0.332 e. The average Bonchev–Trinajstić information content (AvgIpc) is 1.67. The van der Waals surface area contributed by atoms with Gasteiger partial charge in [0.25, 0.3) is 0 Å². The van der Waals surface area contributed by atoms with Crippen molar-refractivity contribution in [3.63, 3.8) is 0 Å². The molecule has 8 aromatic carbocycles. The summed E-state index contributed by atoms with van der Waals surface area (Å²) >= 11 is 9.90. The fraction of sp³-hybridized carbons (Fsp3) is 0.297. The lowest BCUT2D eigenvalue weighted by Crippen LogP contribution is -2.33. The van der Waals surface area contributed by atoms with Crippen LogP contribution < -0.4 is 28.4 Å². The number of thioether (sulfide) groups is 8. The molecule has 8 aliphatic rings. The van der Waals surface area contributed by atoms with E-state index in [1.165, 1.54) is 238 Å². The maximum atomic E-state index is 11.2. The van der Waals surface area contributed by atoms with Crippen molar-refractivity contribution in [1.29, 1.82) is 0 Å². The number of carbonyl (C=O) groups excluding carboxylic acids is 1. The van der Waals surface area contributed by atoms with E-state index in [4.69, 9.17) is 69.3 Å². The number of carboxylic acids is 7. The summed E-state index contributed by atoms with van der Waals surface area (Å²) in [6.45, 7) is 7.51. The van der Waals surface area contributed by atoms with Gasteiger partial charge in [0.2, 0.25) is 0 Å². The molecule has 8 aliphatic heterocycles. The number of nitrogens with zero attached hydrogens (tertiary/aromatic N) is 8. The Bertz CT molecular complexity index is 6520. The summed E-state index contributed by atoms with van der Waals surface area (Å²) in [4.78, 5) is 120. The van der Waals surface area contributed by atoms with Gasteiger partial charge in [0.05, 0.1) is 87.2 Å². The molecule has 0 bridgehead atoms. The number of hydrogen-bond donors (Lipinski definition) is 25. The highest BCUT2D eigenvalue weighted by Crippen LogP contribution is 2.48. The van der Waals surface area contributed by atoms with E-state index in [0.29, 0.717) is 96.7 Å². The normalized spacial score (nSPS) is 20.5. The minimum Gasteiger partial charge on any atom is -0.507 e. The molecule has 55 heteroatoms. The van der Waals surface area contributed by atoms with Gasteiger partial charge in [-0.3, -0.25) is 44.7 Å². The van der Waals surface area contributed by atoms with Crippen LogP contribution in [-0.4, -0.2) is 351 Å². The first kappa shape index (κ1) is 115. The molecule has 0 fully saturated rings. The summed E-state index contributed by atoms with van der Waals surface area (Å²) in [5, 5.41) is 239. The Morgan fingerprint density at radius 2 is 0.397 bits per heavy atom. The number of aromatic hydroxyl groups is 18. The molecule has 8 atom stereocenters. The number of rotatable bonds is 22. The number of Topliss-reactive ketones (excluding diaryl/α,β-unsaturated/α-hetero) is 1. The van der Waals surface area contributed by atoms with Crippen molar-refractivity contribution in [1.82, 2.24) is 0 Å². The van der Waals surface area contributed by atoms with Crippen LogP contribution in [0.5, 0.6) is 138 Å². The van der Waals surface area contributed by atoms with E-state index >= 15 is 0 Å². The van der Waals surface area contributed by atoms with E-state index in [0.717, 1.165) is 30.3 Å². The number of ketones is 1. The Hall–Kier alpha value is -14.9. The van der Waals surface area contributed by atoms with Crippen LogP contribution in [0.2, 0.25) is 0 Å². The van der Waals surface area contributed by atoms with Crippen molar-refractivity contribution in [3.05, 3.63) is 142 Å². The van der Waals surface area contributed by atoms with Gasteiger partial charge in [0.1, 0.15) is 92.4 Å². The number of aliphatic carboxylic acids is 7. The van der Waals surface area contributed by atoms with Crippen LogP contribution in [0.25, 0.3) is 0 Å². The zero-order valence-corrected chi connectivity index (χ0v) is 84.5. The fourth-order valence-corrected chi connectivity index (χ4v) is 21.6. The molecular formula is C91H94N8O39S8. The molecule has 16 rings (SSSR count). The highest BCUT2D eigenvalue weighted by molar-refractivity contribution is 8.16. The number of phenolic OH excluding ortho intramolecular Hbond substituents is 18. The highest BCUT2D eigenvalue weighted by Gasteiger charge is 2.44. The van der Waals surface area contributed by atoms with Crippen LogP contribution in [0.3, 0.4) is 0 Å². The third kappa shape index (κ3) is 27.6. The van der Waals surface area contributed by atoms with Gasteiger partial charge in [-0.15, -0.1) is 94.1 Å². The van der Waals surface area contributed by atoms with E-state index < -0.39 is 99.3 Å². The van der Waals surface area contributed by atoms with Gasteiger partial charge < -0.3 is 156 Å². The van der Waals surface area contributed by atoms with Crippen molar-refractivity contribution < 1.29 is 194 Å². The van der Waals surface area contributed by atoms with Gasteiger partial charge in [-0.1, -0.05) is 0 Å². The standard InChI is InChI=1S/3C12H13NO5S.C12H13NO4S.3C11H11NO5S.C10H9NO5S/c1-12(11(16)17)5-19-10(13-12)6-3-9(18-2)8(15)4-7(6)14;2*1-12(11(16)17)5-19-10(13-12)6-3-8(15)9(18-2)4-7(6)14;1-6(14)8-5-18-12(13-8)7-3-11(17-2)10(16)4-9(7)15;2*1-17-9-3-7(13)5(2-8(9)14)10-12-6(4-18-10)11(15)16;1-11(10(16)17)4-18-9(12-11)5-2-7(14)8(15)3-6(5)13;12-6-2-8(14)7(13)1-4(6)9-11-5(3-17-9)10(15)16/h3*3-4,14-15H,5H2,1-2H3,(H,16,17);3-4,8,15-16H,5H2,1-2H3;2*2-3,6,13-14H,4H2,1H3,(H,15,16);2-3,13-15H,4H2,1H3,(H,16,17);1-2,5,12-14H,3H2,(H,15,16)/t3*12-;8-;2*6-;11-;5-/m11111111/s1. The molecule has 146 heavy (non-hydrogen) atoms. The Labute approximate surface area is 859 Å². The quantitative estimate of drug-likeness (QED) is 0.0221. The smallest absolute Gasteiger partial charge is 0.332 e. The van der Waals surface area contributed by atoms with Crippen LogP contribution in [0.1, 0.15) is 79.1 Å². The topological polar surface area (TPSA) is 797 Å². The minimum absolute atomic E-state index is 0.00253. The molecule has 780 valence electrons. The number of ether oxygens (including phenoxy) is 6. The molecule has 0 aliphatic carbocycles. The van der Waals surface area contributed by atoms with Crippen LogP contribution in [-0.2, 0) is 38.4 Å². The monoisotopic (exact) mass is 2180 g/mol. The summed E-state index contributed by atoms with van der Waals surface area (Å²) < 4.78 is 29.4. The second-order valence-electron chi connectivity index (χ2n) is 31.8. The van der Waals surface area contributed by atoms with E-state index in [1.54, 1.807) is 0 Å². The zero-order valence-electron chi connectivity index (χ0n) is 77.9. The van der Waals surface area contributed by atoms with Gasteiger partial charge >= 0.3 is 41.8 Å². The molecule has 25 N–H and O–H groups in total. The van der Waals surface area contributed by atoms with Crippen molar-refractivity contribution in [2.75, 3.05) is 88.7 Å². The van der Waals surface area contributed by atoms with Gasteiger partial charge in [0.15, 0.2) is 138 Å². The first-order chi connectivity index (χ1) is 68.5. The largest absolute Gasteiger partial charge is 0.507 e. The Balaban J connectivity index is 0.000000186. The van der Waals surface area contributed by atoms with Crippen molar-refractivity contribution in [2.24, 2.45) is 39.9 Å². The van der Waals surface area contributed by atoms with Crippen molar-refractivity contribution in [2.45, 2.75) is 80.9 Å². The number of aliphatic imine (C=N–C) groups is 8. The predicted molar refractivity (Wildman–Crippen MR) is 546 cm³/mol. The second kappa shape index (κ2) is 48.6. The summed E-state index contributed by atoms with van der Waals surface area (Å²) in [5.74, 6) is -7.24. The number of benzene rings is 8. The average molecular weight is 2180 g/mol. The lowest BCUT2D eigenvalue weighted by atomic mass is 10.1. The second-order valence-corrected chi connectivity index (χ2v) is 39.7. The van der Waals surface area contributed by atoms with E-state index in [9.17, 15) is 125 Å². The Kier molecular flexibility index (Phi) is 38.2. The fourth-order valence-electron chi connectivity index (χ4n) is 12.5. The van der Waals surface area contributed by atoms with Crippen LogP contribution in [0, 0.1) is 0 Å². The molecule has 8 aromatic rings. The maximum absolute atomic E-state index is 11.2. The van der Waals surface area contributed by atoms with Crippen LogP contribution >= 0.6 is 94.1 Å². The Morgan fingerprint density at radius 3 is 0.589 bits per heavy atom. The van der Waals surface area contributed by atoms with E-state index in [1.807, 2.05) is 0 Å². The molecule has 0 radical (unpaired) electrons. The molecule has 0 saturated heterocycles. The number of carbonyl (C=O) groups is 8. The summed E-state index contributed by atoms with van der Waals surface area (Å²) in [5.41, 5.74) is -2.38. The van der Waals surface area contributed by atoms with E-state index in [-0.39, 0.29) is 167 Å². The Morgan fingerprint density at radius 1 is 0.233 bits per heavy atom. The third-order valence-electron chi connectivity index (χ3n) is 20.9. The lowest BCUT2D eigenvalue weighted by molar-refractivity contribution is -0.142. The van der Waals surface area contributed by atoms with Crippen molar-refractivity contribution in [3.8, 4) is 138 Å². The van der Waals surface area contributed by atoms with Crippen LogP contribution in [0.15, 0.2) is 137 Å². The highest BCUT2D eigenvalue weighted by atomic mass is 32.2. The lowest BCUT2D eigenvalue weighted by Gasteiger charge is -2.11. The molecule has 8 heterocycles. The van der Waals surface area contributed by atoms with Gasteiger partial charge in [-0.2, -0.15) is 0 Å². The predicted octanol–water partition coefficient (Wildman–Crippen LogP) is 9.88. The number of carboxylic acid groups (broad SMARTS) is 7. The molecule has 0 unspecified atom stereocenters. The number of hydrogen-bond acceptors (Lipinski definition) is 48. The molecular weight excluding hydrogens is 2090 g/mol. The van der Waals surface area contributed by atoms with Gasteiger partial charge in [0, 0.05) is 94.6 Å². The molecule has 0 aromatic heterocycles. The number of methoxy groups -OCH3 is 6. The van der Waals surface area contributed by atoms with Crippen molar-refractivity contribution >= 4 is 182 Å². The minimum atomic E-state index is -1.24. The first-order valence-corrected chi connectivity index (χ1v) is 49.4. The zero-order chi connectivity index (χ0) is 109.